The van der Waals surface area contributed by atoms with Crippen molar-refractivity contribution in [2.75, 3.05) is 19.6 Å². The smallest absolute Gasteiger partial charge is 0.177 e. The van der Waals surface area contributed by atoms with E-state index in [1.54, 1.807) is 0 Å². The van der Waals surface area contributed by atoms with Gasteiger partial charge in [-0.3, -0.25) is 0 Å². The Morgan fingerprint density at radius 3 is 2.60 bits per heavy atom. The van der Waals surface area contributed by atoms with Gasteiger partial charge in [0.2, 0.25) is 0 Å². The Kier molecular flexibility index (Phi) is 4.03. The van der Waals surface area contributed by atoms with E-state index in [0.29, 0.717) is 6.04 Å². The van der Waals surface area contributed by atoms with E-state index in [1.807, 2.05) is 12.3 Å². The van der Waals surface area contributed by atoms with Crippen molar-refractivity contribution in [2.24, 2.45) is 0 Å². The van der Waals surface area contributed by atoms with Crippen LogP contribution in [0, 0.1) is 4.77 Å². The summed E-state index contributed by atoms with van der Waals surface area (Å²) >= 11 is 5.48. The molecule has 1 unspecified atom stereocenters. The summed E-state index contributed by atoms with van der Waals surface area (Å²) in [4.78, 5) is 5.74. The molecule has 106 valence electrons. The van der Waals surface area contributed by atoms with Gasteiger partial charge < -0.3 is 14.5 Å². The van der Waals surface area contributed by atoms with Gasteiger partial charge in [-0.1, -0.05) is 30.3 Å². The van der Waals surface area contributed by atoms with Crippen LogP contribution in [-0.4, -0.2) is 34.1 Å². The molecule has 0 saturated carbocycles. The summed E-state index contributed by atoms with van der Waals surface area (Å²) in [5.41, 5.74) is 2.40. The zero-order chi connectivity index (χ0) is 13.9. The van der Waals surface area contributed by atoms with Gasteiger partial charge in [0.25, 0.3) is 0 Å². The lowest BCUT2D eigenvalue weighted by atomic mass is 10.1. The highest BCUT2D eigenvalue weighted by molar-refractivity contribution is 7.71. The SMILES string of the molecule is CC(CN1CCCC1)n1c(-c2ccccc2)c[nH]c1=S. The number of H-pyrrole nitrogens is 1. The average Bonchev–Trinajstić information content (AvgIpc) is 3.09. The quantitative estimate of drug-likeness (QED) is 0.863. The lowest BCUT2D eigenvalue weighted by Crippen LogP contribution is -2.27. The Bertz CT molecular complexity index is 608. The largest absolute Gasteiger partial charge is 0.337 e. The Morgan fingerprint density at radius 1 is 1.20 bits per heavy atom. The van der Waals surface area contributed by atoms with Crippen molar-refractivity contribution in [3.05, 3.63) is 41.3 Å². The number of likely N-dealkylation sites (tertiary alicyclic amines) is 1. The Hall–Kier alpha value is -1.39. The number of hydrogen-bond acceptors (Lipinski definition) is 2. The fourth-order valence-corrected chi connectivity index (χ4v) is 3.41. The van der Waals surface area contributed by atoms with Gasteiger partial charge >= 0.3 is 0 Å². The summed E-state index contributed by atoms with van der Waals surface area (Å²) in [6.07, 6.45) is 4.69. The molecule has 0 bridgehead atoms. The van der Waals surface area contributed by atoms with E-state index < -0.39 is 0 Å². The van der Waals surface area contributed by atoms with E-state index >= 15 is 0 Å². The number of imidazole rings is 1. The van der Waals surface area contributed by atoms with Gasteiger partial charge in [0, 0.05) is 18.8 Å². The van der Waals surface area contributed by atoms with E-state index in [1.165, 1.54) is 37.2 Å². The molecule has 4 heteroatoms. The van der Waals surface area contributed by atoms with Crippen LogP contribution in [0.2, 0.25) is 0 Å². The van der Waals surface area contributed by atoms with Crippen molar-refractivity contribution in [1.29, 1.82) is 0 Å². The van der Waals surface area contributed by atoms with Gasteiger partial charge in [0.05, 0.1) is 5.69 Å². The molecule has 1 aliphatic rings. The maximum Gasteiger partial charge on any atom is 0.177 e. The molecule has 0 amide bonds. The van der Waals surface area contributed by atoms with Crippen molar-refractivity contribution in [3.8, 4) is 11.3 Å². The minimum absolute atomic E-state index is 0.391. The summed E-state index contributed by atoms with van der Waals surface area (Å²) in [5.74, 6) is 0. The molecule has 1 saturated heterocycles. The van der Waals surface area contributed by atoms with Crippen molar-refractivity contribution >= 4 is 12.2 Å². The predicted octanol–water partition coefficient (Wildman–Crippen LogP) is 3.87. The van der Waals surface area contributed by atoms with Gasteiger partial charge in [-0.25, -0.2) is 0 Å². The number of benzene rings is 1. The van der Waals surface area contributed by atoms with E-state index in [2.05, 4.69) is 45.6 Å². The molecule has 1 atom stereocenters. The van der Waals surface area contributed by atoms with E-state index in [-0.39, 0.29) is 0 Å². The molecule has 0 aliphatic carbocycles. The monoisotopic (exact) mass is 287 g/mol. The van der Waals surface area contributed by atoms with Gasteiger partial charge in [-0.15, -0.1) is 0 Å². The third-order valence-corrected chi connectivity index (χ3v) is 4.36. The first-order valence-corrected chi connectivity index (χ1v) is 7.74. The van der Waals surface area contributed by atoms with Crippen LogP contribution in [0.5, 0.6) is 0 Å². The summed E-state index contributed by atoms with van der Waals surface area (Å²) in [7, 11) is 0. The third kappa shape index (κ3) is 2.72. The van der Waals surface area contributed by atoms with Crippen LogP contribution in [0.3, 0.4) is 0 Å². The lowest BCUT2D eigenvalue weighted by molar-refractivity contribution is 0.287. The molecule has 1 N–H and O–H groups in total. The molecule has 1 aromatic heterocycles. The maximum absolute atomic E-state index is 5.48. The van der Waals surface area contributed by atoms with Crippen molar-refractivity contribution in [3.63, 3.8) is 0 Å². The Balaban J connectivity index is 1.88. The molecule has 1 fully saturated rings. The fourth-order valence-electron chi connectivity index (χ4n) is 3.07. The lowest BCUT2D eigenvalue weighted by Gasteiger charge is -2.23. The second-order valence-electron chi connectivity index (χ2n) is 5.57. The second kappa shape index (κ2) is 5.94. The topological polar surface area (TPSA) is 24.0 Å². The van der Waals surface area contributed by atoms with Gasteiger partial charge in [0.15, 0.2) is 4.77 Å². The van der Waals surface area contributed by atoms with Crippen LogP contribution in [0.4, 0.5) is 0 Å². The highest BCUT2D eigenvalue weighted by Gasteiger charge is 2.18. The minimum atomic E-state index is 0.391. The number of aromatic nitrogens is 2. The van der Waals surface area contributed by atoms with Crippen LogP contribution in [0.1, 0.15) is 25.8 Å². The molecule has 0 radical (unpaired) electrons. The second-order valence-corrected chi connectivity index (χ2v) is 5.96. The standard InChI is InChI=1S/C16H21N3S/c1-13(12-18-9-5-6-10-18)19-15(11-17-16(19)20)14-7-3-2-4-8-14/h2-4,7-8,11,13H,5-6,9-10,12H2,1H3,(H,17,20). The molecule has 20 heavy (non-hydrogen) atoms. The molecule has 3 nitrogen and oxygen atoms in total. The van der Waals surface area contributed by atoms with E-state index in [4.69, 9.17) is 12.2 Å². The van der Waals surface area contributed by atoms with Crippen LogP contribution in [0.15, 0.2) is 36.5 Å². The number of aromatic amines is 1. The van der Waals surface area contributed by atoms with Crippen molar-refractivity contribution < 1.29 is 0 Å². The summed E-state index contributed by atoms with van der Waals surface area (Å²) < 4.78 is 3.07. The first-order chi connectivity index (χ1) is 9.75. The highest BCUT2D eigenvalue weighted by atomic mass is 32.1. The Labute approximate surface area is 125 Å². The fraction of sp³-hybridized carbons (Fsp3) is 0.438. The van der Waals surface area contributed by atoms with Gasteiger partial charge in [-0.05, 0) is 50.6 Å². The number of nitrogens with one attached hydrogen (secondary N) is 1. The molecule has 2 aromatic rings. The molecular weight excluding hydrogens is 266 g/mol. The maximum atomic E-state index is 5.48. The first-order valence-electron chi connectivity index (χ1n) is 7.33. The predicted molar refractivity (Wildman–Crippen MR) is 85.4 cm³/mol. The Morgan fingerprint density at radius 2 is 1.90 bits per heavy atom. The van der Waals surface area contributed by atoms with Gasteiger partial charge in [0.1, 0.15) is 0 Å². The highest BCUT2D eigenvalue weighted by Crippen LogP contribution is 2.24. The van der Waals surface area contributed by atoms with E-state index in [0.717, 1.165) is 11.3 Å². The molecule has 1 aromatic carbocycles. The van der Waals surface area contributed by atoms with Gasteiger partial charge in [-0.2, -0.15) is 0 Å². The summed E-state index contributed by atoms with van der Waals surface area (Å²) in [6.45, 7) is 5.78. The van der Waals surface area contributed by atoms with Crippen LogP contribution < -0.4 is 0 Å². The number of rotatable bonds is 4. The van der Waals surface area contributed by atoms with Crippen molar-refractivity contribution in [1.82, 2.24) is 14.5 Å². The zero-order valence-corrected chi connectivity index (χ0v) is 12.7. The number of hydrogen-bond donors (Lipinski definition) is 1. The third-order valence-electron chi connectivity index (χ3n) is 4.04. The molecular formula is C16H21N3S. The molecule has 1 aliphatic heterocycles. The summed E-state index contributed by atoms with van der Waals surface area (Å²) in [5, 5.41) is 0. The van der Waals surface area contributed by atoms with Crippen LogP contribution >= 0.6 is 12.2 Å². The van der Waals surface area contributed by atoms with Crippen LogP contribution in [-0.2, 0) is 0 Å². The molecule has 2 heterocycles. The normalized spacial score (nSPS) is 17.4. The number of nitrogens with zero attached hydrogens (tertiary/aromatic N) is 2. The zero-order valence-electron chi connectivity index (χ0n) is 11.9. The summed E-state index contributed by atoms with van der Waals surface area (Å²) in [6, 6.07) is 10.8. The van der Waals surface area contributed by atoms with Crippen LogP contribution in [0.25, 0.3) is 11.3 Å². The molecule has 3 rings (SSSR count). The van der Waals surface area contributed by atoms with E-state index in [9.17, 15) is 0 Å². The first kappa shape index (κ1) is 13.6. The molecule has 0 spiro atoms. The average molecular weight is 287 g/mol. The van der Waals surface area contributed by atoms with Crippen molar-refractivity contribution in [2.45, 2.75) is 25.8 Å². The minimum Gasteiger partial charge on any atom is -0.337 e.